The molecular weight excluding hydrogens is 274 g/mol. The second-order valence-corrected chi connectivity index (χ2v) is 5.44. The van der Waals surface area contributed by atoms with Crippen molar-refractivity contribution in [2.24, 2.45) is 12.0 Å². The minimum Gasteiger partial charge on any atom is -0.356 e. The molecule has 0 amide bonds. The number of nitrogens with one attached hydrogen (secondary N) is 1. The van der Waals surface area contributed by atoms with Crippen LogP contribution in [0, 0.1) is 0 Å². The molecule has 0 radical (unpaired) electrons. The van der Waals surface area contributed by atoms with E-state index in [9.17, 15) is 0 Å². The van der Waals surface area contributed by atoms with Gasteiger partial charge in [-0.25, -0.2) is 0 Å². The van der Waals surface area contributed by atoms with Crippen LogP contribution in [0.1, 0.15) is 17.5 Å². The lowest BCUT2D eigenvalue weighted by atomic mass is 10.2. The molecule has 118 valence electrons. The SMILES string of the molecule is CN=C(NCCCc1cnn(C)c1)N(C)Cc1ccccc1. The first kappa shape index (κ1) is 16.1. The Hall–Kier alpha value is -2.30. The summed E-state index contributed by atoms with van der Waals surface area (Å²) in [5.41, 5.74) is 2.56. The molecular formula is C17H25N5. The summed E-state index contributed by atoms with van der Waals surface area (Å²) in [5, 5.41) is 7.60. The normalized spacial score (nSPS) is 11.5. The van der Waals surface area contributed by atoms with E-state index >= 15 is 0 Å². The Morgan fingerprint density at radius 3 is 2.68 bits per heavy atom. The van der Waals surface area contributed by atoms with Crippen LogP contribution in [-0.2, 0) is 20.0 Å². The van der Waals surface area contributed by atoms with E-state index < -0.39 is 0 Å². The van der Waals surface area contributed by atoms with Gasteiger partial charge in [-0.1, -0.05) is 30.3 Å². The summed E-state index contributed by atoms with van der Waals surface area (Å²) in [7, 11) is 5.83. The number of benzene rings is 1. The first-order valence-corrected chi connectivity index (χ1v) is 7.62. The molecule has 0 saturated carbocycles. The summed E-state index contributed by atoms with van der Waals surface area (Å²) < 4.78 is 1.84. The van der Waals surface area contributed by atoms with Crippen LogP contribution in [0.4, 0.5) is 0 Å². The van der Waals surface area contributed by atoms with Crippen molar-refractivity contribution in [2.75, 3.05) is 20.6 Å². The van der Waals surface area contributed by atoms with Crippen LogP contribution in [0.5, 0.6) is 0 Å². The Morgan fingerprint density at radius 1 is 1.27 bits per heavy atom. The molecule has 0 saturated heterocycles. The van der Waals surface area contributed by atoms with E-state index in [1.807, 2.05) is 31.0 Å². The number of rotatable bonds is 6. The summed E-state index contributed by atoms with van der Waals surface area (Å²) in [5.74, 6) is 0.926. The van der Waals surface area contributed by atoms with Crippen molar-refractivity contribution < 1.29 is 0 Å². The number of hydrogen-bond donors (Lipinski definition) is 1. The third kappa shape index (κ3) is 4.91. The number of aliphatic imine (C=N–C) groups is 1. The van der Waals surface area contributed by atoms with E-state index in [1.54, 1.807) is 0 Å². The van der Waals surface area contributed by atoms with E-state index in [0.717, 1.165) is 31.9 Å². The Balaban J connectivity index is 1.74. The summed E-state index contributed by atoms with van der Waals surface area (Å²) in [6, 6.07) is 10.4. The lowest BCUT2D eigenvalue weighted by Gasteiger charge is -2.22. The van der Waals surface area contributed by atoms with Gasteiger partial charge in [0.1, 0.15) is 0 Å². The zero-order chi connectivity index (χ0) is 15.8. The van der Waals surface area contributed by atoms with Gasteiger partial charge in [0.15, 0.2) is 5.96 Å². The molecule has 5 nitrogen and oxygen atoms in total. The fraction of sp³-hybridized carbons (Fsp3) is 0.412. The highest BCUT2D eigenvalue weighted by molar-refractivity contribution is 5.79. The Bertz CT molecular complexity index is 588. The Morgan fingerprint density at radius 2 is 2.05 bits per heavy atom. The highest BCUT2D eigenvalue weighted by Crippen LogP contribution is 2.03. The predicted molar refractivity (Wildman–Crippen MR) is 90.8 cm³/mol. The summed E-state index contributed by atoms with van der Waals surface area (Å²) in [6.45, 7) is 1.75. The zero-order valence-electron chi connectivity index (χ0n) is 13.7. The largest absolute Gasteiger partial charge is 0.356 e. The molecule has 0 atom stereocenters. The van der Waals surface area contributed by atoms with Gasteiger partial charge in [-0.2, -0.15) is 5.10 Å². The second-order valence-electron chi connectivity index (χ2n) is 5.44. The predicted octanol–water partition coefficient (Wildman–Crippen LogP) is 2.06. The highest BCUT2D eigenvalue weighted by atomic mass is 15.3. The smallest absolute Gasteiger partial charge is 0.193 e. The van der Waals surface area contributed by atoms with Crippen LogP contribution in [0.15, 0.2) is 47.7 Å². The van der Waals surface area contributed by atoms with Crippen LogP contribution < -0.4 is 5.32 Å². The topological polar surface area (TPSA) is 45.5 Å². The maximum atomic E-state index is 4.35. The molecule has 0 unspecified atom stereocenters. The average molecular weight is 299 g/mol. The molecule has 1 N–H and O–H groups in total. The average Bonchev–Trinajstić information content (AvgIpc) is 2.93. The molecule has 1 aromatic carbocycles. The van der Waals surface area contributed by atoms with Crippen LogP contribution in [0.2, 0.25) is 0 Å². The molecule has 0 aliphatic heterocycles. The van der Waals surface area contributed by atoms with E-state index in [2.05, 4.69) is 57.8 Å². The van der Waals surface area contributed by atoms with E-state index in [-0.39, 0.29) is 0 Å². The fourth-order valence-corrected chi connectivity index (χ4v) is 2.41. The first-order valence-electron chi connectivity index (χ1n) is 7.62. The number of aryl methyl sites for hydroxylation is 2. The van der Waals surface area contributed by atoms with Crippen LogP contribution >= 0.6 is 0 Å². The van der Waals surface area contributed by atoms with Gasteiger partial charge in [-0.3, -0.25) is 9.67 Å². The lowest BCUT2D eigenvalue weighted by Crippen LogP contribution is -2.38. The van der Waals surface area contributed by atoms with E-state index in [4.69, 9.17) is 0 Å². The molecule has 1 aromatic heterocycles. The molecule has 0 aliphatic carbocycles. The summed E-state index contributed by atoms with van der Waals surface area (Å²) in [6.07, 6.45) is 6.08. The van der Waals surface area contributed by atoms with Crippen molar-refractivity contribution in [2.45, 2.75) is 19.4 Å². The van der Waals surface area contributed by atoms with Gasteiger partial charge >= 0.3 is 0 Å². The van der Waals surface area contributed by atoms with Crippen molar-refractivity contribution in [3.63, 3.8) is 0 Å². The number of aromatic nitrogens is 2. The summed E-state index contributed by atoms with van der Waals surface area (Å²) in [4.78, 5) is 6.49. The number of hydrogen-bond acceptors (Lipinski definition) is 2. The molecule has 22 heavy (non-hydrogen) atoms. The Kier molecular flexibility index (Phi) is 6.01. The van der Waals surface area contributed by atoms with E-state index in [0.29, 0.717) is 0 Å². The van der Waals surface area contributed by atoms with E-state index in [1.165, 1.54) is 11.1 Å². The fourth-order valence-electron chi connectivity index (χ4n) is 2.41. The lowest BCUT2D eigenvalue weighted by molar-refractivity contribution is 0.476. The number of guanidine groups is 1. The van der Waals surface area contributed by atoms with Gasteiger partial charge in [0.2, 0.25) is 0 Å². The quantitative estimate of drug-likeness (QED) is 0.504. The molecule has 2 rings (SSSR count). The third-order valence-electron chi connectivity index (χ3n) is 3.52. The third-order valence-corrected chi connectivity index (χ3v) is 3.52. The number of nitrogens with zero attached hydrogens (tertiary/aromatic N) is 4. The van der Waals surface area contributed by atoms with Gasteiger partial charge in [-0.05, 0) is 24.0 Å². The minimum atomic E-state index is 0.850. The second kappa shape index (κ2) is 8.22. The van der Waals surface area contributed by atoms with Gasteiger partial charge in [-0.15, -0.1) is 0 Å². The van der Waals surface area contributed by atoms with Gasteiger partial charge < -0.3 is 10.2 Å². The van der Waals surface area contributed by atoms with Crippen molar-refractivity contribution >= 4 is 5.96 Å². The molecule has 0 spiro atoms. The van der Waals surface area contributed by atoms with Crippen LogP contribution in [-0.4, -0.2) is 41.3 Å². The van der Waals surface area contributed by atoms with Gasteiger partial charge in [0.25, 0.3) is 0 Å². The molecule has 0 aliphatic rings. The Labute approximate surface area is 132 Å². The van der Waals surface area contributed by atoms with Crippen LogP contribution in [0.3, 0.4) is 0 Å². The summed E-state index contributed by atoms with van der Waals surface area (Å²) >= 11 is 0. The van der Waals surface area contributed by atoms with Crippen molar-refractivity contribution in [3.8, 4) is 0 Å². The van der Waals surface area contributed by atoms with Crippen molar-refractivity contribution in [1.29, 1.82) is 0 Å². The highest BCUT2D eigenvalue weighted by Gasteiger charge is 2.06. The standard InChI is InChI=1S/C17H25N5/c1-18-17(21(2)13-15-8-5-4-6-9-15)19-11-7-10-16-12-20-22(3)14-16/h4-6,8-9,12,14H,7,10-11,13H2,1-3H3,(H,18,19). The van der Waals surface area contributed by atoms with Crippen molar-refractivity contribution in [3.05, 3.63) is 53.9 Å². The minimum absolute atomic E-state index is 0.850. The molecule has 0 bridgehead atoms. The molecule has 0 fully saturated rings. The molecule has 5 heteroatoms. The molecule has 1 heterocycles. The first-order chi connectivity index (χ1) is 10.7. The maximum absolute atomic E-state index is 4.35. The van der Waals surface area contributed by atoms with Crippen LogP contribution in [0.25, 0.3) is 0 Å². The zero-order valence-corrected chi connectivity index (χ0v) is 13.7. The maximum Gasteiger partial charge on any atom is 0.193 e. The van der Waals surface area contributed by atoms with Crippen molar-refractivity contribution in [1.82, 2.24) is 20.0 Å². The van der Waals surface area contributed by atoms with Gasteiger partial charge in [0, 0.05) is 40.4 Å². The monoisotopic (exact) mass is 299 g/mol. The van der Waals surface area contributed by atoms with Gasteiger partial charge in [0.05, 0.1) is 6.20 Å². The molecule has 2 aromatic rings.